The van der Waals surface area contributed by atoms with Gasteiger partial charge in [0, 0.05) is 36.3 Å². The zero-order valence-electron chi connectivity index (χ0n) is 16.4. The molecule has 0 radical (unpaired) electrons. The van der Waals surface area contributed by atoms with Crippen LogP contribution in [0.4, 0.5) is 19.3 Å². The van der Waals surface area contributed by atoms with E-state index in [-0.39, 0.29) is 30.0 Å². The number of rotatable bonds is 4. The van der Waals surface area contributed by atoms with Crippen LogP contribution in [0.5, 0.6) is 0 Å². The maximum absolute atomic E-state index is 14.7. The van der Waals surface area contributed by atoms with E-state index in [0.717, 1.165) is 25.7 Å². The minimum absolute atomic E-state index is 0.0402. The Balaban J connectivity index is 1.31. The molecular weight excluding hydrogens is 396 g/mol. The van der Waals surface area contributed by atoms with Gasteiger partial charge in [-0.1, -0.05) is 0 Å². The summed E-state index contributed by atoms with van der Waals surface area (Å²) in [6.45, 7) is 0.769. The van der Waals surface area contributed by atoms with Crippen LogP contribution < -0.4 is 10.2 Å². The van der Waals surface area contributed by atoms with Gasteiger partial charge in [-0.25, -0.2) is 13.6 Å². The number of imide groups is 1. The second-order valence-corrected chi connectivity index (χ2v) is 9.08. The summed E-state index contributed by atoms with van der Waals surface area (Å²) in [5.74, 6) is -3.18. The zero-order chi connectivity index (χ0) is 21.2. The van der Waals surface area contributed by atoms with Crippen molar-refractivity contribution in [2.45, 2.75) is 56.0 Å². The summed E-state index contributed by atoms with van der Waals surface area (Å²) in [4.78, 5) is 38.5. The first-order valence-corrected chi connectivity index (χ1v) is 10.4. The third-order valence-electron chi connectivity index (χ3n) is 7.32. The summed E-state index contributed by atoms with van der Waals surface area (Å²) >= 11 is 0. The maximum Gasteiger partial charge on any atom is 0.408 e. The average Bonchev–Trinajstić information content (AvgIpc) is 3.19. The predicted octanol–water partition coefficient (Wildman–Crippen LogP) is 2.60. The number of anilines is 1. The SMILES string of the molecule is O=C1CCC(c2c(F)cc(N3CC(N(C(=O)O)C45CCC(C4)C5)C3)cc2F)C(=O)N1. The van der Waals surface area contributed by atoms with Crippen LogP contribution in [0, 0.1) is 17.6 Å². The molecule has 7 nitrogen and oxygen atoms in total. The van der Waals surface area contributed by atoms with Crippen molar-refractivity contribution in [2.24, 2.45) is 5.92 Å². The molecular formula is C21H23F2N3O4. The van der Waals surface area contributed by atoms with Crippen molar-refractivity contribution in [3.05, 3.63) is 29.3 Å². The Hall–Kier alpha value is -2.71. The van der Waals surface area contributed by atoms with Crippen molar-refractivity contribution < 1.29 is 28.3 Å². The Morgan fingerprint density at radius 1 is 1.17 bits per heavy atom. The minimum Gasteiger partial charge on any atom is -0.465 e. The molecule has 0 spiro atoms. The van der Waals surface area contributed by atoms with Gasteiger partial charge >= 0.3 is 6.09 Å². The van der Waals surface area contributed by atoms with Gasteiger partial charge in [-0.15, -0.1) is 0 Å². The number of piperidine rings is 1. The van der Waals surface area contributed by atoms with Crippen molar-refractivity contribution in [3.63, 3.8) is 0 Å². The molecule has 5 aliphatic rings. The summed E-state index contributed by atoms with van der Waals surface area (Å²) in [5.41, 5.74) is -0.240. The van der Waals surface area contributed by atoms with Gasteiger partial charge in [-0.05, 0) is 50.2 Å². The van der Waals surface area contributed by atoms with Gasteiger partial charge in [0.2, 0.25) is 11.8 Å². The van der Waals surface area contributed by atoms with Crippen molar-refractivity contribution in [3.8, 4) is 0 Å². The van der Waals surface area contributed by atoms with Crippen molar-refractivity contribution in [1.82, 2.24) is 10.2 Å². The highest BCUT2D eigenvalue weighted by atomic mass is 19.1. The fourth-order valence-corrected chi connectivity index (χ4v) is 5.84. The molecule has 9 heteroatoms. The Morgan fingerprint density at radius 2 is 1.83 bits per heavy atom. The van der Waals surface area contributed by atoms with E-state index < -0.39 is 35.5 Å². The fraction of sp³-hybridized carbons (Fsp3) is 0.571. The third kappa shape index (κ3) is 2.86. The Morgan fingerprint density at radius 3 is 2.37 bits per heavy atom. The molecule has 2 bridgehead atoms. The van der Waals surface area contributed by atoms with Gasteiger partial charge in [-0.3, -0.25) is 19.8 Å². The first kappa shape index (κ1) is 19.3. The topological polar surface area (TPSA) is 90.0 Å². The molecule has 2 N–H and O–H groups in total. The van der Waals surface area contributed by atoms with Crippen molar-refractivity contribution in [1.29, 1.82) is 0 Å². The lowest BCUT2D eigenvalue weighted by Crippen LogP contribution is -2.68. The van der Waals surface area contributed by atoms with Crippen LogP contribution in [-0.2, 0) is 9.59 Å². The van der Waals surface area contributed by atoms with Crippen LogP contribution >= 0.6 is 0 Å². The smallest absolute Gasteiger partial charge is 0.408 e. The molecule has 2 saturated heterocycles. The van der Waals surface area contributed by atoms with Gasteiger partial charge in [-0.2, -0.15) is 0 Å². The quantitative estimate of drug-likeness (QED) is 0.733. The van der Waals surface area contributed by atoms with Gasteiger partial charge < -0.3 is 10.0 Å². The van der Waals surface area contributed by atoms with E-state index in [9.17, 15) is 28.3 Å². The van der Waals surface area contributed by atoms with Crippen LogP contribution in [0.3, 0.4) is 0 Å². The second-order valence-electron chi connectivity index (χ2n) is 9.08. The number of carbonyl (C=O) groups excluding carboxylic acids is 2. The number of hydrogen-bond donors (Lipinski definition) is 2. The molecule has 3 saturated carbocycles. The summed E-state index contributed by atoms with van der Waals surface area (Å²) in [6, 6.07) is 2.19. The lowest BCUT2D eigenvalue weighted by molar-refractivity contribution is -0.134. The molecule has 1 aromatic rings. The van der Waals surface area contributed by atoms with Crippen molar-refractivity contribution in [2.75, 3.05) is 18.0 Å². The maximum atomic E-state index is 14.7. The van der Waals surface area contributed by atoms with Crippen LogP contribution in [0.25, 0.3) is 0 Å². The molecule has 5 fully saturated rings. The van der Waals surface area contributed by atoms with E-state index in [0.29, 0.717) is 24.7 Å². The summed E-state index contributed by atoms with van der Waals surface area (Å²) in [5, 5.41) is 11.9. The summed E-state index contributed by atoms with van der Waals surface area (Å²) in [7, 11) is 0. The van der Waals surface area contributed by atoms with Gasteiger partial charge in [0.25, 0.3) is 0 Å². The van der Waals surface area contributed by atoms with E-state index >= 15 is 0 Å². The monoisotopic (exact) mass is 419 g/mol. The summed E-state index contributed by atoms with van der Waals surface area (Å²) in [6.07, 6.45) is 2.98. The number of halogens is 2. The average molecular weight is 419 g/mol. The number of nitrogens with one attached hydrogen (secondary N) is 1. The first-order valence-electron chi connectivity index (χ1n) is 10.4. The highest BCUT2D eigenvalue weighted by molar-refractivity contribution is 6.01. The fourth-order valence-electron chi connectivity index (χ4n) is 5.84. The number of amides is 3. The number of carboxylic acid groups (broad SMARTS) is 1. The van der Waals surface area contributed by atoms with E-state index in [1.807, 2.05) is 0 Å². The number of nitrogens with zero attached hydrogens (tertiary/aromatic N) is 2. The second kappa shape index (κ2) is 6.65. The number of hydrogen-bond acceptors (Lipinski definition) is 4. The molecule has 6 rings (SSSR count). The molecule has 3 amide bonds. The highest BCUT2D eigenvalue weighted by Crippen LogP contribution is 2.56. The molecule has 2 aliphatic heterocycles. The molecule has 1 unspecified atom stereocenters. The van der Waals surface area contributed by atoms with E-state index in [1.165, 1.54) is 12.1 Å². The predicted molar refractivity (Wildman–Crippen MR) is 102 cm³/mol. The Bertz CT molecular complexity index is 912. The summed E-state index contributed by atoms with van der Waals surface area (Å²) < 4.78 is 29.5. The first-order chi connectivity index (χ1) is 14.3. The van der Waals surface area contributed by atoms with Gasteiger partial charge in [0.05, 0.1) is 12.0 Å². The molecule has 1 aromatic carbocycles. The number of benzene rings is 1. The largest absolute Gasteiger partial charge is 0.465 e. The third-order valence-corrected chi connectivity index (χ3v) is 7.32. The van der Waals surface area contributed by atoms with Crippen LogP contribution in [0.1, 0.15) is 50.0 Å². The Kier molecular flexibility index (Phi) is 4.27. The van der Waals surface area contributed by atoms with E-state index in [1.54, 1.807) is 9.80 Å². The van der Waals surface area contributed by atoms with Crippen LogP contribution in [0.15, 0.2) is 12.1 Å². The zero-order valence-corrected chi connectivity index (χ0v) is 16.4. The van der Waals surface area contributed by atoms with Crippen LogP contribution in [0.2, 0.25) is 0 Å². The normalized spacial score (nSPS) is 30.5. The molecule has 1 atom stereocenters. The molecule has 3 aliphatic carbocycles. The minimum atomic E-state index is -1.03. The molecule has 0 aromatic heterocycles. The lowest BCUT2D eigenvalue weighted by atomic mass is 9.74. The van der Waals surface area contributed by atoms with Crippen LogP contribution in [-0.4, -0.2) is 52.6 Å². The van der Waals surface area contributed by atoms with E-state index in [2.05, 4.69) is 5.32 Å². The van der Waals surface area contributed by atoms with Gasteiger partial charge in [0.1, 0.15) is 11.6 Å². The van der Waals surface area contributed by atoms with Gasteiger partial charge in [0.15, 0.2) is 0 Å². The standard InChI is InChI=1S/C21H23F2N3O4/c22-15-5-12(6-16(23)18(15)14-1-2-17(27)24-19(14)28)25-9-13(10-25)26(20(29)30)21-4-3-11(7-21)8-21/h5-6,11,13-14H,1-4,7-10H2,(H,29,30)(H,24,27,28). The van der Waals surface area contributed by atoms with Crippen molar-refractivity contribution >= 4 is 23.6 Å². The molecule has 2 heterocycles. The lowest BCUT2D eigenvalue weighted by Gasteiger charge is -2.55. The molecule has 160 valence electrons. The van der Waals surface area contributed by atoms with E-state index in [4.69, 9.17) is 0 Å². The Labute approximate surface area is 172 Å². The number of carbonyl (C=O) groups is 3. The molecule has 30 heavy (non-hydrogen) atoms. The highest BCUT2D eigenvalue weighted by Gasteiger charge is 2.58. The number of fused-ring (bicyclic) bond motifs is 1.